The maximum Gasteiger partial charge on any atom is 0.138 e. The molecule has 0 aliphatic heterocycles. The highest BCUT2D eigenvalue weighted by molar-refractivity contribution is 5.27. The summed E-state index contributed by atoms with van der Waals surface area (Å²) in [6, 6.07) is 3.45. The molecule has 0 aliphatic rings. The lowest BCUT2D eigenvalue weighted by molar-refractivity contribution is 0.163. The van der Waals surface area contributed by atoms with Crippen molar-refractivity contribution in [3.63, 3.8) is 0 Å². The van der Waals surface area contributed by atoms with Gasteiger partial charge in [0, 0.05) is 12.2 Å². The van der Waals surface area contributed by atoms with E-state index < -0.39 is 0 Å². The first-order chi connectivity index (χ1) is 7.99. The van der Waals surface area contributed by atoms with Crippen molar-refractivity contribution >= 4 is 0 Å². The molecule has 2 atom stereocenters. The molecule has 1 aromatic rings. The topological polar surface area (TPSA) is 65.4 Å². The quantitative estimate of drug-likeness (QED) is 0.704. The lowest BCUT2D eigenvalue weighted by Crippen LogP contribution is -2.23. The van der Waals surface area contributed by atoms with Gasteiger partial charge in [0.15, 0.2) is 0 Å². The first-order valence-corrected chi connectivity index (χ1v) is 6.03. The van der Waals surface area contributed by atoms with Crippen LogP contribution in [-0.4, -0.2) is 27.8 Å². The molecule has 0 bridgehead atoms. The van der Waals surface area contributed by atoms with Crippen molar-refractivity contribution in [1.82, 2.24) is 10.3 Å². The number of aromatic hydroxyl groups is 1. The summed E-state index contributed by atoms with van der Waals surface area (Å²) in [5.74, 6) is 0.633. The minimum Gasteiger partial charge on any atom is -0.506 e. The van der Waals surface area contributed by atoms with Crippen molar-refractivity contribution in [3.05, 3.63) is 23.5 Å². The van der Waals surface area contributed by atoms with Crippen molar-refractivity contribution in [2.45, 2.75) is 39.8 Å². The third-order valence-corrected chi connectivity index (χ3v) is 2.62. The fourth-order valence-electron chi connectivity index (χ4n) is 1.84. The molecule has 96 valence electrons. The SMILES string of the molecule is Cc1ccc(O)c(CNCC(C)CC(C)O)n1. The van der Waals surface area contributed by atoms with Gasteiger partial charge in [-0.2, -0.15) is 0 Å². The molecule has 0 aromatic carbocycles. The van der Waals surface area contributed by atoms with Crippen molar-refractivity contribution in [1.29, 1.82) is 0 Å². The highest BCUT2D eigenvalue weighted by Gasteiger charge is 2.07. The van der Waals surface area contributed by atoms with Crippen LogP contribution >= 0.6 is 0 Å². The van der Waals surface area contributed by atoms with Crippen LogP contribution in [-0.2, 0) is 6.54 Å². The standard InChI is InChI=1S/C13H22N2O2/c1-9(6-11(3)16)7-14-8-12-13(17)5-4-10(2)15-12/h4-5,9,11,14,16-17H,6-8H2,1-3H3. The maximum absolute atomic E-state index is 9.60. The Morgan fingerprint density at radius 1 is 1.35 bits per heavy atom. The molecule has 4 nitrogen and oxygen atoms in total. The van der Waals surface area contributed by atoms with Gasteiger partial charge in [0.25, 0.3) is 0 Å². The second-order valence-corrected chi connectivity index (χ2v) is 4.74. The number of aliphatic hydroxyl groups excluding tert-OH is 1. The van der Waals surface area contributed by atoms with Crippen molar-refractivity contribution in [3.8, 4) is 5.75 Å². The zero-order valence-electron chi connectivity index (χ0n) is 10.8. The fourth-order valence-corrected chi connectivity index (χ4v) is 1.84. The Bertz CT molecular complexity index is 353. The highest BCUT2D eigenvalue weighted by atomic mass is 16.3. The van der Waals surface area contributed by atoms with Crippen LogP contribution in [0.1, 0.15) is 31.7 Å². The number of nitrogens with zero attached hydrogens (tertiary/aromatic N) is 1. The molecule has 0 spiro atoms. The van der Waals surface area contributed by atoms with Gasteiger partial charge in [-0.3, -0.25) is 4.98 Å². The molecule has 3 N–H and O–H groups in total. The molecular formula is C13H22N2O2. The van der Waals surface area contributed by atoms with Crippen LogP contribution in [0.5, 0.6) is 5.75 Å². The molecule has 1 aromatic heterocycles. The van der Waals surface area contributed by atoms with Crippen molar-refractivity contribution < 1.29 is 10.2 Å². The predicted octanol–water partition coefficient (Wildman–Crippen LogP) is 1.59. The van der Waals surface area contributed by atoms with Crippen LogP contribution in [0.15, 0.2) is 12.1 Å². The molecule has 0 saturated carbocycles. The zero-order chi connectivity index (χ0) is 12.8. The monoisotopic (exact) mass is 238 g/mol. The second-order valence-electron chi connectivity index (χ2n) is 4.74. The Balaban J connectivity index is 2.38. The molecule has 4 heteroatoms. The predicted molar refractivity (Wildman–Crippen MR) is 67.8 cm³/mol. The van der Waals surface area contributed by atoms with Gasteiger partial charge in [-0.25, -0.2) is 0 Å². The molecule has 1 rings (SSSR count). The molecule has 0 saturated heterocycles. The number of aliphatic hydroxyl groups is 1. The molecule has 0 aliphatic carbocycles. The number of pyridine rings is 1. The number of hydrogen-bond donors (Lipinski definition) is 3. The summed E-state index contributed by atoms with van der Waals surface area (Å²) < 4.78 is 0. The number of hydrogen-bond acceptors (Lipinski definition) is 4. The van der Waals surface area contributed by atoms with E-state index in [0.29, 0.717) is 18.2 Å². The van der Waals surface area contributed by atoms with Crippen LogP contribution in [0.4, 0.5) is 0 Å². The highest BCUT2D eigenvalue weighted by Crippen LogP contribution is 2.14. The first-order valence-electron chi connectivity index (χ1n) is 6.03. The van der Waals surface area contributed by atoms with Crippen molar-refractivity contribution in [2.24, 2.45) is 5.92 Å². The Morgan fingerprint density at radius 2 is 2.06 bits per heavy atom. The second kappa shape index (κ2) is 6.57. The summed E-state index contributed by atoms with van der Waals surface area (Å²) in [5.41, 5.74) is 1.57. The van der Waals surface area contributed by atoms with E-state index in [1.54, 1.807) is 19.1 Å². The van der Waals surface area contributed by atoms with E-state index in [1.165, 1.54) is 0 Å². The molecule has 0 fully saturated rings. The molecule has 2 unspecified atom stereocenters. The summed E-state index contributed by atoms with van der Waals surface area (Å²) in [5, 5.41) is 22.1. The summed E-state index contributed by atoms with van der Waals surface area (Å²) in [6.45, 7) is 7.14. The van der Waals surface area contributed by atoms with Crippen LogP contribution in [0.3, 0.4) is 0 Å². The van der Waals surface area contributed by atoms with E-state index in [2.05, 4.69) is 17.2 Å². The number of nitrogens with one attached hydrogen (secondary N) is 1. The molecule has 17 heavy (non-hydrogen) atoms. The van der Waals surface area contributed by atoms with Crippen molar-refractivity contribution in [2.75, 3.05) is 6.54 Å². The summed E-state index contributed by atoms with van der Waals surface area (Å²) in [7, 11) is 0. The van der Waals surface area contributed by atoms with E-state index in [4.69, 9.17) is 0 Å². The van der Waals surface area contributed by atoms with Gasteiger partial charge in [0.2, 0.25) is 0 Å². The molecule has 0 radical (unpaired) electrons. The molecule has 1 heterocycles. The van der Waals surface area contributed by atoms with E-state index in [0.717, 1.165) is 18.7 Å². The van der Waals surface area contributed by atoms with Gasteiger partial charge in [0.05, 0.1) is 11.8 Å². The lowest BCUT2D eigenvalue weighted by Gasteiger charge is -2.14. The summed E-state index contributed by atoms with van der Waals surface area (Å²) in [4.78, 5) is 4.27. The van der Waals surface area contributed by atoms with Gasteiger partial charge in [-0.05, 0) is 44.9 Å². The Labute approximate surface area is 103 Å². The third kappa shape index (κ3) is 5.15. The third-order valence-electron chi connectivity index (χ3n) is 2.62. The van der Waals surface area contributed by atoms with E-state index in [-0.39, 0.29) is 11.9 Å². The van der Waals surface area contributed by atoms with Crippen LogP contribution in [0.25, 0.3) is 0 Å². The number of rotatable bonds is 6. The van der Waals surface area contributed by atoms with Gasteiger partial charge >= 0.3 is 0 Å². The molecular weight excluding hydrogens is 216 g/mol. The first kappa shape index (κ1) is 13.9. The number of aromatic nitrogens is 1. The van der Waals surface area contributed by atoms with E-state index in [9.17, 15) is 10.2 Å². The summed E-state index contributed by atoms with van der Waals surface area (Å²) in [6.07, 6.45) is 0.512. The minimum absolute atomic E-state index is 0.228. The van der Waals surface area contributed by atoms with Gasteiger partial charge in [-0.1, -0.05) is 6.92 Å². The van der Waals surface area contributed by atoms with Gasteiger partial charge < -0.3 is 15.5 Å². The Morgan fingerprint density at radius 3 is 2.71 bits per heavy atom. The Kier molecular flexibility index (Phi) is 5.38. The van der Waals surface area contributed by atoms with Crippen LogP contribution in [0, 0.1) is 12.8 Å². The fraction of sp³-hybridized carbons (Fsp3) is 0.615. The van der Waals surface area contributed by atoms with E-state index in [1.807, 2.05) is 6.92 Å². The average molecular weight is 238 g/mol. The average Bonchev–Trinajstić information content (AvgIpc) is 2.22. The lowest BCUT2D eigenvalue weighted by atomic mass is 10.0. The van der Waals surface area contributed by atoms with E-state index >= 15 is 0 Å². The largest absolute Gasteiger partial charge is 0.506 e. The normalized spacial score (nSPS) is 14.6. The minimum atomic E-state index is -0.266. The van der Waals surface area contributed by atoms with Gasteiger partial charge in [0.1, 0.15) is 5.75 Å². The smallest absolute Gasteiger partial charge is 0.138 e. The van der Waals surface area contributed by atoms with Crippen LogP contribution in [0.2, 0.25) is 0 Å². The molecule has 0 amide bonds. The summed E-state index contributed by atoms with van der Waals surface area (Å²) >= 11 is 0. The zero-order valence-corrected chi connectivity index (χ0v) is 10.8. The van der Waals surface area contributed by atoms with Gasteiger partial charge in [-0.15, -0.1) is 0 Å². The number of aryl methyl sites for hydroxylation is 1. The van der Waals surface area contributed by atoms with Crippen LogP contribution < -0.4 is 5.32 Å². The maximum atomic E-state index is 9.60. The Hall–Kier alpha value is -1.13.